The Bertz CT molecular complexity index is 470. The van der Waals surface area contributed by atoms with Crippen LogP contribution < -0.4 is 10.6 Å². The number of nitrogens with zero attached hydrogens (tertiary/aromatic N) is 1. The Morgan fingerprint density at radius 1 is 1.47 bits per heavy atom. The van der Waals surface area contributed by atoms with Gasteiger partial charge in [0, 0.05) is 12.6 Å². The summed E-state index contributed by atoms with van der Waals surface area (Å²) in [6.45, 7) is 2.00. The van der Waals surface area contributed by atoms with E-state index in [1.54, 1.807) is 0 Å². The lowest BCUT2D eigenvalue weighted by atomic mass is 10.0. The fourth-order valence-corrected chi connectivity index (χ4v) is 2.14. The molecule has 0 aliphatic carbocycles. The topological polar surface area (TPSA) is 91.3 Å². The molecule has 0 spiro atoms. The van der Waals surface area contributed by atoms with Crippen molar-refractivity contribution in [1.29, 1.82) is 0 Å². The van der Waals surface area contributed by atoms with Crippen LogP contribution >= 0.6 is 0 Å². The SMILES string of the molecule is O=C(CCC1CCNC1)Nc1cncc(C(=O)O)c1. The number of carboxylic acids is 1. The lowest BCUT2D eigenvalue weighted by molar-refractivity contribution is -0.116. The number of hydrogen-bond donors (Lipinski definition) is 3. The number of aromatic carboxylic acids is 1. The van der Waals surface area contributed by atoms with Gasteiger partial charge in [-0.2, -0.15) is 0 Å². The van der Waals surface area contributed by atoms with Crippen LogP contribution in [0.2, 0.25) is 0 Å². The molecule has 6 nitrogen and oxygen atoms in total. The minimum Gasteiger partial charge on any atom is -0.478 e. The van der Waals surface area contributed by atoms with Crippen LogP contribution in [-0.4, -0.2) is 35.1 Å². The molecule has 1 aromatic rings. The van der Waals surface area contributed by atoms with Crippen molar-refractivity contribution in [3.05, 3.63) is 24.0 Å². The standard InChI is InChI=1S/C13H17N3O3/c17-12(2-1-9-3-4-14-6-9)16-11-5-10(13(18)19)7-15-8-11/h5,7-9,14H,1-4,6H2,(H,16,17)(H,18,19). The Hall–Kier alpha value is -1.95. The molecule has 1 saturated heterocycles. The molecule has 0 bridgehead atoms. The Balaban J connectivity index is 1.84. The summed E-state index contributed by atoms with van der Waals surface area (Å²) in [7, 11) is 0. The van der Waals surface area contributed by atoms with Gasteiger partial charge in [0.25, 0.3) is 0 Å². The summed E-state index contributed by atoms with van der Waals surface area (Å²) in [5, 5.41) is 14.8. The van der Waals surface area contributed by atoms with Gasteiger partial charge in [0.15, 0.2) is 0 Å². The number of aromatic nitrogens is 1. The number of carboxylic acid groups (broad SMARTS) is 1. The van der Waals surface area contributed by atoms with Crippen LogP contribution in [0.25, 0.3) is 0 Å². The van der Waals surface area contributed by atoms with Crippen molar-refractivity contribution in [3.8, 4) is 0 Å². The monoisotopic (exact) mass is 263 g/mol. The number of amides is 1. The minimum absolute atomic E-state index is 0.0674. The molecule has 1 aliphatic heterocycles. The smallest absolute Gasteiger partial charge is 0.337 e. The fraction of sp³-hybridized carbons (Fsp3) is 0.462. The van der Waals surface area contributed by atoms with Crippen molar-refractivity contribution < 1.29 is 14.7 Å². The highest BCUT2D eigenvalue weighted by Gasteiger charge is 2.15. The van der Waals surface area contributed by atoms with Crippen molar-refractivity contribution in [2.45, 2.75) is 19.3 Å². The Kier molecular flexibility index (Phi) is 4.46. The van der Waals surface area contributed by atoms with E-state index in [4.69, 9.17) is 5.11 Å². The van der Waals surface area contributed by atoms with Crippen molar-refractivity contribution in [2.75, 3.05) is 18.4 Å². The molecule has 1 aromatic heterocycles. The summed E-state index contributed by atoms with van der Waals surface area (Å²) in [5.74, 6) is -0.592. The maximum atomic E-state index is 11.7. The highest BCUT2D eigenvalue weighted by molar-refractivity contribution is 5.93. The Morgan fingerprint density at radius 3 is 3.00 bits per heavy atom. The van der Waals surface area contributed by atoms with Gasteiger partial charge in [-0.15, -0.1) is 0 Å². The number of carbonyl (C=O) groups is 2. The third-order valence-corrected chi connectivity index (χ3v) is 3.21. The second kappa shape index (κ2) is 6.29. The quantitative estimate of drug-likeness (QED) is 0.740. The third kappa shape index (κ3) is 4.03. The number of hydrogen-bond acceptors (Lipinski definition) is 4. The van der Waals surface area contributed by atoms with Gasteiger partial charge in [0.05, 0.1) is 17.4 Å². The maximum Gasteiger partial charge on any atom is 0.337 e. The molecule has 2 rings (SSSR count). The van der Waals surface area contributed by atoms with Crippen LogP contribution in [0.4, 0.5) is 5.69 Å². The lowest BCUT2D eigenvalue weighted by Gasteiger charge is -2.08. The summed E-state index contributed by atoms with van der Waals surface area (Å²) in [6, 6.07) is 1.41. The lowest BCUT2D eigenvalue weighted by Crippen LogP contribution is -2.15. The van der Waals surface area contributed by atoms with Crippen LogP contribution in [0.1, 0.15) is 29.6 Å². The molecule has 19 heavy (non-hydrogen) atoms. The highest BCUT2D eigenvalue weighted by Crippen LogP contribution is 2.15. The van der Waals surface area contributed by atoms with Crippen molar-refractivity contribution in [2.24, 2.45) is 5.92 Å². The maximum absolute atomic E-state index is 11.7. The molecule has 0 radical (unpaired) electrons. The number of nitrogens with one attached hydrogen (secondary N) is 2. The van der Waals surface area contributed by atoms with E-state index >= 15 is 0 Å². The van der Waals surface area contributed by atoms with Crippen LogP contribution in [-0.2, 0) is 4.79 Å². The minimum atomic E-state index is -1.05. The van der Waals surface area contributed by atoms with E-state index in [1.165, 1.54) is 18.5 Å². The number of carbonyl (C=O) groups excluding carboxylic acids is 1. The summed E-state index contributed by atoms with van der Waals surface area (Å²) < 4.78 is 0. The molecule has 1 amide bonds. The van der Waals surface area contributed by atoms with E-state index < -0.39 is 5.97 Å². The molecule has 2 heterocycles. The van der Waals surface area contributed by atoms with Gasteiger partial charge in [-0.05, 0) is 37.9 Å². The van der Waals surface area contributed by atoms with Gasteiger partial charge >= 0.3 is 5.97 Å². The highest BCUT2D eigenvalue weighted by atomic mass is 16.4. The van der Waals surface area contributed by atoms with E-state index in [0.29, 0.717) is 18.0 Å². The third-order valence-electron chi connectivity index (χ3n) is 3.21. The van der Waals surface area contributed by atoms with E-state index in [2.05, 4.69) is 15.6 Å². The van der Waals surface area contributed by atoms with Gasteiger partial charge < -0.3 is 15.7 Å². The zero-order chi connectivity index (χ0) is 13.7. The average Bonchev–Trinajstić information content (AvgIpc) is 2.90. The van der Waals surface area contributed by atoms with Crippen molar-refractivity contribution >= 4 is 17.6 Å². The van der Waals surface area contributed by atoms with Gasteiger partial charge in [0.1, 0.15) is 0 Å². The van der Waals surface area contributed by atoms with Crippen molar-refractivity contribution in [1.82, 2.24) is 10.3 Å². The van der Waals surface area contributed by atoms with E-state index in [-0.39, 0.29) is 11.5 Å². The predicted octanol–water partition coefficient (Wildman–Crippen LogP) is 1.11. The molecule has 1 fully saturated rings. The normalized spacial score (nSPS) is 18.2. The summed E-state index contributed by atoms with van der Waals surface area (Å²) >= 11 is 0. The second-order valence-corrected chi connectivity index (χ2v) is 4.71. The van der Waals surface area contributed by atoms with Gasteiger partial charge in [-0.1, -0.05) is 0 Å². The summed E-state index contributed by atoms with van der Waals surface area (Å²) in [4.78, 5) is 26.3. The zero-order valence-corrected chi connectivity index (χ0v) is 10.6. The summed E-state index contributed by atoms with van der Waals surface area (Å²) in [6.07, 6.45) is 5.11. The van der Waals surface area contributed by atoms with Crippen LogP contribution in [0.15, 0.2) is 18.5 Å². The second-order valence-electron chi connectivity index (χ2n) is 4.71. The average molecular weight is 263 g/mol. The van der Waals surface area contributed by atoms with E-state index in [1.807, 2.05) is 0 Å². The van der Waals surface area contributed by atoms with Gasteiger partial charge in [0.2, 0.25) is 5.91 Å². The predicted molar refractivity (Wildman–Crippen MR) is 70.0 cm³/mol. The fourth-order valence-electron chi connectivity index (χ4n) is 2.14. The molecular weight excluding hydrogens is 246 g/mol. The first-order valence-corrected chi connectivity index (χ1v) is 6.34. The zero-order valence-electron chi connectivity index (χ0n) is 10.6. The molecular formula is C13H17N3O3. The van der Waals surface area contributed by atoms with Crippen molar-refractivity contribution in [3.63, 3.8) is 0 Å². The van der Waals surface area contributed by atoms with E-state index in [0.717, 1.165) is 25.9 Å². The van der Waals surface area contributed by atoms with Crippen LogP contribution in [0, 0.1) is 5.92 Å². The molecule has 102 valence electrons. The Morgan fingerprint density at radius 2 is 2.32 bits per heavy atom. The number of pyridine rings is 1. The summed E-state index contributed by atoms with van der Waals surface area (Å²) in [5.41, 5.74) is 0.493. The van der Waals surface area contributed by atoms with Gasteiger partial charge in [-0.25, -0.2) is 4.79 Å². The van der Waals surface area contributed by atoms with Crippen LogP contribution in [0.5, 0.6) is 0 Å². The largest absolute Gasteiger partial charge is 0.478 e. The molecule has 1 unspecified atom stereocenters. The molecule has 1 aliphatic rings. The van der Waals surface area contributed by atoms with Crippen LogP contribution in [0.3, 0.4) is 0 Å². The molecule has 0 aromatic carbocycles. The molecule has 6 heteroatoms. The first-order valence-electron chi connectivity index (χ1n) is 6.34. The number of anilines is 1. The molecule has 3 N–H and O–H groups in total. The first kappa shape index (κ1) is 13.5. The first-order chi connectivity index (χ1) is 9.15. The molecule has 0 saturated carbocycles. The Labute approximate surface area is 111 Å². The number of rotatable bonds is 5. The van der Waals surface area contributed by atoms with E-state index in [9.17, 15) is 9.59 Å². The van der Waals surface area contributed by atoms with Gasteiger partial charge in [-0.3, -0.25) is 9.78 Å². The molecule has 1 atom stereocenters.